The fourth-order valence-corrected chi connectivity index (χ4v) is 4.17. The Balaban J connectivity index is 2.01. The van der Waals surface area contributed by atoms with Crippen LogP contribution in [-0.2, 0) is 0 Å². The van der Waals surface area contributed by atoms with Gasteiger partial charge in [0.2, 0.25) is 0 Å². The lowest BCUT2D eigenvalue weighted by Gasteiger charge is -2.08. The monoisotopic (exact) mass is 371 g/mol. The number of nitrogens with zero attached hydrogens (tertiary/aromatic N) is 1. The van der Waals surface area contributed by atoms with Gasteiger partial charge in [0.25, 0.3) is 0 Å². The molecule has 0 radical (unpaired) electrons. The van der Waals surface area contributed by atoms with Gasteiger partial charge in [-0.1, -0.05) is 70.5 Å². The Morgan fingerprint density at radius 1 is 0.542 bits per heavy atom. The molecule has 1 heterocycles. The molecule has 0 fully saturated rings. The third-order valence-electron chi connectivity index (χ3n) is 4.67. The van der Waals surface area contributed by atoms with Gasteiger partial charge in [-0.05, 0) is 34.4 Å². The van der Waals surface area contributed by atoms with Crippen LogP contribution >= 0.6 is 15.9 Å². The molecule has 0 atom stereocenters. The van der Waals surface area contributed by atoms with E-state index in [0.29, 0.717) is 0 Å². The summed E-state index contributed by atoms with van der Waals surface area (Å²) in [5, 5.41) is 7.73. The van der Waals surface area contributed by atoms with Crippen LogP contribution in [0.5, 0.6) is 0 Å². The highest BCUT2D eigenvalue weighted by Crippen LogP contribution is 2.39. The van der Waals surface area contributed by atoms with Crippen molar-refractivity contribution in [2.24, 2.45) is 0 Å². The van der Waals surface area contributed by atoms with Gasteiger partial charge in [0.1, 0.15) is 0 Å². The van der Waals surface area contributed by atoms with E-state index in [1.165, 1.54) is 38.0 Å². The first kappa shape index (κ1) is 13.8. The molecule has 4 aromatic carbocycles. The summed E-state index contributed by atoms with van der Waals surface area (Å²) in [4.78, 5) is 0. The van der Waals surface area contributed by atoms with Crippen LogP contribution in [0.25, 0.3) is 38.0 Å². The van der Waals surface area contributed by atoms with Crippen LogP contribution in [0.15, 0.2) is 89.7 Å². The van der Waals surface area contributed by atoms with E-state index in [-0.39, 0.29) is 0 Å². The van der Waals surface area contributed by atoms with Crippen LogP contribution in [0.3, 0.4) is 0 Å². The lowest BCUT2D eigenvalue weighted by atomic mass is 9.97. The summed E-state index contributed by atoms with van der Waals surface area (Å²) in [6, 6.07) is 25.6. The number of halogens is 1. The molecule has 0 unspecified atom stereocenters. The number of fused-ring (bicyclic) bond motifs is 6. The number of hydrogen-bond acceptors (Lipinski definition) is 0. The predicted octanol–water partition coefficient (Wildman–Crippen LogP) is 6.70. The van der Waals surface area contributed by atoms with Crippen LogP contribution in [-0.4, -0.2) is 4.57 Å². The molecule has 5 aromatic rings. The summed E-state index contributed by atoms with van der Waals surface area (Å²) >= 11 is 3.75. The molecule has 0 spiro atoms. The van der Waals surface area contributed by atoms with E-state index in [1.807, 2.05) is 0 Å². The molecule has 0 N–H and O–H groups in total. The highest BCUT2D eigenvalue weighted by atomic mass is 79.9. The second-order valence-electron chi connectivity index (χ2n) is 6.04. The first-order valence-corrected chi connectivity index (χ1v) is 8.78. The largest absolute Gasteiger partial charge is 0.323 e. The van der Waals surface area contributed by atoms with E-state index in [0.717, 1.165) is 4.47 Å². The average Bonchev–Trinajstić information content (AvgIpc) is 3.08. The molecule has 2 heteroatoms. The first-order chi connectivity index (χ1) is 11.8. The quantitative estimate of drug-likeness (QED) is 0.289. The van der Waals surface area contributed by atoms with Crippen LogP contribution in [0.2, 0.25) is 0 Å². The van der Waals surface area contributed by atoms with Crippen LogP contribution in [0.1, 0.15) is 0 Å². The van der Waals surface area contributed by atoms with Crippen molar-refractivity contribution in [3.8, 4) is 5.69 Å². The Morgan fingerprint density at radius 2 is 1.12 bits per heavy atom. The Bertz CT molecular complexity index is 1200. The normalized spacial score (nSPS) is 11.5. The Hall–Kier alpha value is -2.58. The van der Waals surface area contributed by atoms with Crippen LogP contribution in [0, 0.1) is 0 Å². The standard InChI is InChI=1S/C22H14BrN/c23-21-12-6-11-18-20-14-24(15-7-2-1-3-8-15)13-19(20)16-9-4-5-10-17(16)22(18)21/h1-14H. The maximum absolute atomic E-state index is 3.75. The van der Waals surface area contributed by atoms with Crippen LogP contribution < -0.4 is 0 Å². The second-order valence-corrected chi connectivity index (χ2v) is 6.89. The van der Waals surface area contributed by atoms with Crippen molar-refractivity contribution in [3.63, 3.8) is 0 Å². The van der Waals surface area contributed by atoms with Gasteiger partial charge in [-0.3, -0.25) is 0 Å². The van der Waals surface area contributed by atoms with Gasteiger partial charge in [0.05, 0.1) is 0 Å². The molecule has 1 nitrogen and oxygen atoms in total. The third kappa shape index (κ3) is 1.93. The molecule has 0 aliphatic carbocycles. The molecule has 0 aliphatic heterocycles. The van der Waals surface area contributed by atoms with E-state index >= 15 is 0 Å². The molecule has 114 valence electrons. The Kier molecular flexibility index (Phi) is 3.00. The van der Waals surface area contributed by atoms with Gasteiger partial charge in [0.15, 0.2) is 0 Å². The number of rotatable bonds is 1. The van der Waals surface area contributed by atoms with Crippen LogP contribution in [0.4, 0.5) is 0 Å². The fraction of sp³-hybridized carbons (Fsp3) is 0. The SMILES string of the molecule is Brc1cccc2c3cn(-c4ccccc4)cc3c3ccccc3c12. The second kappa shape index (κ2) is 5.22. The molecular formula is C22H14BrN. The lowest BCUT2D eigenvalue weighted by molar-refractivity contribution is 1.09. The number of aromatic nitrogens is 1. The van der Waals surface area contributed by atoms with Crippen molar-refractivity contribution in [1.29, 1.82) is 0 Å². The van der Waals surface area contributed by atoms with Gasteiger partial charge in [-0.15, -0.1) is 0 Å². The molecule has 0 saturated carbocycles. The van der Waals surface area contributed by atoms with Gasteiger partial charge < -0.3 is 4.57 Å². The fourth-order valence-electron chi connectivity index (χ4n) is 3.59. The van der Waals surface area contributed by atoms with Crippen molar-refractivity contribution in [2.45, 2.75) is 0 Å². The average molecular weight is 372 g/mol. The van der Waals surface area contributed by atoms with E-state index in [9.17, 15) is 0 Å². The molecule has 5 rings (SSSR count). The molecule has 0 bridgehead atoms. The van der Waals surface area contributed by atoms with E-state index in [2.05, 4.69) is 106 Å². The molecule has 0 saturated heterocycles. The third-order valence-corrected chi connectivity index (χ3v) is 5.33. The minimum Gasteiger partial charge on any atom is -0.323 e. The van der Waals surface area contributed by atoms with Crippen molar-refractivity contribution < 1.29 is 0 Å². The van der Waals surface area contributed by atoms with Gasteiger partial charge in [-0.2, -0.15) is 0 Å². The molecule has 0 amide bonds. The van der Waals surface area contributed by atoms with Crippen molar-refractivity contribution in [3.05, 3.63) is 89.7 Å². The zero-order valence-electron chi connectivity index (χ0n) is 12.9. The molecule has 1 aromatic heterocycles. The maximum Gasteiger partial charge on any atom is 0.0449 e. The van der Waals surface area contributed by atoms with Crippen molar-refractivity contribution in [2.75, 3.05) is 0 Å². The maximum atomic E-state index is 3.75. The summed E-state index contributed by atoms with van der Waals surface area (Å²) in [6.45, 7) is 0. The Morgan fingerprint density at radius 3 is 1.92 bits per heavy atom. The highest BCUT2D eigenvalue weighted by Gasteiger charge is 2.12. The van der Waals surface area contributed by atoms with Crippen molar-refractivity contribution in [1.82, 2.24) is 4.57 Å². The molecular weight excluding hydrogens is 358 g/mol. The summed E-state index contributed by atoms with van der Waals surface area (Å²) in [6.07, 6.45) is 4.49. The predicted molar refractivity (Wildman–Crippen MR) is 106 cm³/mol. The van der Waals surface area contributed by atoms with E-state index in [1.54, 1.807) is 0 Å². The smallest absolute Gasteiger partial charge is 0.0449 e. The minimum atomic E-state index is 1.14. The highest BCUT2D eigenvalue weighted by molar-refractivity contribution is 9.10. The first-order valence-electron chi connectivity index (χ1n) is 7.99. The summed E-state index contributed by atoms with van der Waals surface area (Å²) in [7, 11) is 0. The Labute approximate surface area is 148 Å². The number of hydrogen-bond donors (Lipinski definition) is 0. The van der Waals surface area contributed by atoms with Gasteiger partial charge in [-0.25, -0.2) is 0 Å². The topological polar surface area (TPSA) is 4.93 Å². The van der Waals surface area contributed by atoms with E-state index < -0.39 is 0 Å². The van der Waals surface area contributed by atoms with Gasteiger partial charge >= 0.3 is 0 Å². The number of benzene rings is 4. The molecule has 0 aliphatic rings. The summed E-state index contributed by atoms with van der Waals surface area (Å²) in [5.41, 5.74) is 1.18. The zero-order valence-corrected chi connectivity index (χ0v) is 14.5. The zero-order chi connectivity index (χ0) is 16.1. The minimum absolute atomic E-state index is 1.14. The van der Waals surface area contributed by atoms with Gasteiger partial charge in [0, 0.05) is 38.7 Å². The lowest BCUT2D eigenvalue weighted by Crippen LogP contribution is -1.87. The molecule has 24 heavy (non-hydrogen) atoms. The summed E-state index contributed by atoms with van der Waals surface area (Å²) in [5.74, 6) is 0. The van der Waals surface area contributed by atoms with Crippen molar-refractivity contribution >= 4 is 48.2 Å². The summed E-state index contributed by atoms with van der Waals surface area (Å²) < 4.78 is 3.36. The number of para-hydroxylation sites is 1. The van der Waals surface area contributed by atoms with E-state index in [4.69, 9.17) is 0 Å².